The van der Waals surface area contributed by atoms with E-state index in [1.165, 1.54) is 48.5 Å². The highest BCUT2D eigenvalue weighted by atomic mass is 32.3. The fraction of sp³-hybridized carbons (Fsp3) is 0.200. The van der Waals surface area contributed by atoms with Crippen LogP contribution in [0.25, 0.3) is 5.57 Å². The van der Waals surface area contributed by atoms with Crippen LogP contribution in [0, 0.1) is 12.8 Å². The average molecular weight is 488 g/mol. The molecule has 3 aromatic rings. The van der Waals surface area contributed by atoms with E-state index in [0.29, 0.717) is 5.56 Å². The van der Waals surface area contributed by atoms with E-state index >= 15 is 4.39 Å². The predicted octanol–water partition coefficient (Wildman–Crippen LogP) is 5.41. The highest BCUT2D eigenvalue weighted by molar-refractivity contribution is 8.04. The molecular formula is C25H26FNO4S2. The number of benzene rings is 3. The number of sulfonamides is 2. The van der Waals surface area contributed by atoms with Crippen LogP contribution in [0.3, 0.4) is 0 Å². The maximum atomic E-state index is 15.8. The van der Waals surface area contributed by atoms with Crippen molar-refractivity contribution in [2.24, 2.45) is 5.92 Å². The van der Waals surface area contributed by atoms with Crippen molar-refractivity contribution in [1.82, 2.24) is 3.71 Å². The van der Waals surface area contributed by atoms with Gasteiger partial charge in [-0.05, 0) is 48.2 Å². The maximum absolute atomic E-state index is 15.8. The molecule has 0 saturated heterocycles. The third-order valence-electron chi connectivity index (χ3n) is 5.12. The standard InChI is InChI=1S/C25H26FNO4S2/c1-19(2)25(21-16-14-20(3)15-17-21)24(26)18-27(32(28,29)22-10-6-4-7-11-22)33(30,31)23-12-8-5-9-13-23/h4-17,19H,18H2,1-3H3/b25-24+. The third-order valence-corrected chi connectivity index (χ3v) is 9.36. The van der Waals surface area contributed by atoms with Crippen LogP contribution in [0.5, 0.6) is 0 Å². The molecule has 3 rings (SSSR count). The van der Waals surface area contributed by atoms with Crippen LogP contribution in [0.15, 0.2) is 101 Å². The fourth-order valence-electron chi connectivity index (χ4n) is 3.45. The van der Waals surface area contributed by atoms with E-state index in [0.717, 1.165) is 5.56 Å². The van der Waals surface area contributed by atoms with Gasteiger partial charge < -0.3 is 0 Å². The topological polar surface area (TPSA) is 71.5 Å². The zero-order chi connectivity index (χ0) is 24.2. The summed E-state index contributed by atoms with van der Waals surface area (Å²) in [4.78, 5) is -0.475. The lowest BCUT2D eigenvalue weighted by Crippen LogP contribution is -2.38. The van der Waals surface area contributed by atoms with Gasteiger partial charge in [0.1, 0.15) is 5.83 Å². The molecule has 0 aliphatic heterocycles. The summed E-state index contributed by atoms with van der Waals surface area (Å²) in [5.41, 5.74) is 1.82. The van der Waals surface area contributed by atoms with Crippen molar-refractivity contribution < 1.29 is 21.2 Å². The molecule has 0 bridgehead atoms. The van der Waals surface area contributed by atoms with E-state index in [1.54, 1.807) is 38.1 Å². The summed E-state index contributed by atoms with van der Waals surface area (Å²) < 4.78 is 69.7. The molecule has 0 amide bonds. The van der Waals surface area contributed by atoms with Crippen LogP contribution in [-0.2, 0) is 20.0 Å². The van der Waals surface area contributed by atoms with E-state index in [4.69, 9.17) is 0 Å². The summed E-state index contributed by atoms with van der Waals surface area (Å²) in [7, 11) is -9.16. The van der Waals surface area contributed by atoms with Gasteiger partial charge >= 0.3 is 0 Å². The first-order valence-corrected chi connectivity index (χ1v) is 13.3. The predicted molar refractivity (Wildman–Crippen MR) is 128 cm³/mol. The van der Waals surface area contributed by atoms with Crippen LogP contribution < -0.4 is 0 Å². The van der Waals surface area contributed by atoms with Gasteiger partial charge in [0.2, 0.25) is 0 Å². The van der Waals surface area contributed by atoms with Gasteiger partial charge in [0, 0.05) is 0 Å². The van der Waals surface area contributed by atoms with Gasteiger partial charge in [-0.15, -0.1) is 0 Å². The van der Waals surface area contributed by atoms with Gasteiger partial charge in [-0.1, -0.05) is 83.8 Å². The summed E-state index contributed by atoms with van der Waals surface area (Å²) in [5.74, 6) is -1.14. The number of nitrogens with zero attached hydrogens (tertiary/aromatic N) is 1. The lowest BCUT2D eigenvalue weighted by atomic mass is 9.94. The lowest BCUT2D eigenvalue weighted by Gasteiger charge is -2.23. The van der Waals surface area contributed by atoms with Crippen LogP contribution >= 0.6 is 0 Å². The molecule has 0 aliphatic rings. The molecule has 0 aliphatic carbocycles. The van der Waals surface area contributed by atoms with Crippen molar-refractivity contribution in [1.29, 1.82) is 0 Å². The van der Waals surface area contributed by atoms with Crippen LogP contribution in [0.1, 0.15) is 25.0 Å². The van der Waals surface area contributed by atoms with Crippen molar-refractivity contribution in [3.05, 3.63) is 102 Å². The Morgan fingerprint density at radius 3 is 1.58 bits per heavy atom. The number of rotatable bonds is 8. The molecule has 0 spiro atoms. The molecular weight excluding hydrogens is 461 g/mol. The minimum Gasteiger partial charge on any atom is -0.210 e. The van der Waals surface area contributed by atoms with Gasteiger partial charge in [-0.25, -0.2) is 21.2 Å². The Bertz CT molecular complexity index is 1270. The Hall–Kier alpha value is -2.81. The number of aryl methyl sites for hydroxylation is 1. The molecule has 0 N–H and O–H groups in total. The Morgan fingerprint density at radius 1 is 0.758 bits per heavy atom. The average Bonchev–Trinajstić information content (AvgIpc) is 2.79. The minimum absolute atomic E-state index is 0.237. The second-order valence-corrected chi connectivity index (χ2v) is 11.9. The van der Waals surface area contributed by atoms with Crippen LogP contribution in [0.2, 0.25) is 0 Å². The SMILES string of the molecule is Cc1ccc(/C(=C(/F)CN(S(=O)(=O)c2ccccc2)S(=O)(=O)c2ccccc2)C(C)C)cc1. The highest BCUT2D eigenvalue weighted by Crippen LogP contribution is 2.32. The van der Waals surface area contributed by atoms with Crippen LogP contribution in [-0.4, -0.2) is 27.1 Å². The van der Waals surface area contributed by atoms with Gasteiger partial charge in [0.25, 0.3) is 20.0 Å². The number of halogens is 1. The second-order valence-electron chi connectivity index (χ2n) is 7.91. The molecule has 0 unspecified atom stereocenters. The first-order chi connectivity index (χ1) is 15.5. The molecule has 3 aromatic carbocycles. The first kappa shape index (κ1) is 24.8. The zero-order valence-electron chi connectivity index (χ0n) is 18.6. The van der Waals surface area contributed by atoms with E-state index in [2.05, 4.69) is 0 Å². The molecule has 5 nitrogen and oxygen atoms in total. The van der Waals surface area contributed by atoms with Crippen LogP contribution in [0.4, 0.5) is 4.39 Å². The van der Waals surface area contributed by atoms with E-state index in [1.807, 2.05) is 19.1 Å². The Kier molecular flexibility index (Phi) is 7.51. The van der Waals surface area contributed by atoms with E-state index < -0.39 is 32.4 Å². The molecule has 0 aromatic heterocycles. The number of hydrogen-bond donors (Lipinski definition) is 0. The highest BCUT2D eigenvalue weighted by Gasteiger charge is 2.38. The Balaban J connectivity index is 2.19. The zero-order valence-corrected chi connectivity index (χ0v) is 20.3. The molecule has 0 saturated carbocycles. The molecule has 8 heteroatoms. The summed E-state index contributed by atoms with van der Waals surface area (Å²) in [6, 6.07) is 21.4. The van der Waals surface area contributed by atoms with Gasteiger partial charge in [0.15, 0.2) is 0 Å². The summed E-state index contributed by atoms with van der Waals surface area (Å²) in [6.45, 7) is 4.50. The summed E-state index contributed by atoms with van der Waals surface area (Å²) in [5, 5.41) is 0. The van der Waals surface area contributed by atoms with Crippen molar-refractivity contribution in [3.63, 3.8) is 0 Å². The van der Waals surface area contributed by atoms with Gasteiger partial charge in [-0.3, -0.25) is 0 Å². The van der Waals surface area contributed by atoms with E-state index in [-0.39, 0.29) is 25.0 Å². The fourth-order valence-corrected chi connectivity index (χ4v) is 7.04. The van der Waals surface area contributed by atoms with Gasteiger partial charge in [0.05, 0.1) is 16.3 Å². The molecule has 0 fully saturated rings. The molecule has 0 atom stereocenters. The van der Waals surface area contributed by atoms with Crippen molar-refractivity contribution in [3.8, 4) is 0 Å². The van der Waals surface area contributed by atoms with Crippen molar-refractivity contribution >= 4 is 25.6 Å². The molecule has 0 radical (unpaired) electrons. The van der Waals surface area contributed by atoms with Crippen molar-refractivity contribution in [2.45, 2.75) is 30.6 Å². The first-order valence-electron chi connectivity index (χ1n) is 10.4. The Morgan fingerprint density at radius 2 is 1.18 bits per heavy atom. The maximum Gasteiger partial charge on any atom is 0.256 e. The summed E-state index contributed by atoms with van der Waals surface area (Å²) >= 11 is 0. The largest absolute Gasteiger partial charge is 0.256 e. The minimum atomic E-state index is -4.58. The van der Waals surface area contributed by atoms with Crippen molar-refractivity contribution in [2.75, 3.05) is 6.54 Å². The lowest BCUT2D eigenvalue weighted by molar-refractivity contribution is 0.480. The normalized spacial score (nSPS) is 13.3. The second kappa shape index (κ2) is 9.99. The number of hydrogen-bond acceptors (Lipinski definition) is 4. The smallest absolute Gasteiger partial charge is 0.210 e. The molecule has 0 heterocycles. The third kappa shape index (κ3) is 5.40. The monoisotopic (exact) mass is 487 g/mol. The molecule has 33 heavy (non-hydrogen) atoms. The number of allylic oxidation sites excluding steroid dienone is 1. The summed E-state index contributed by atoms with van der Waals surface area (Å²) in [6.07, 6.45) is 0. The molecule has 174 valence electrons. The van der Waals surface area contributed by atoms with Gasteiger partial charge in [-0.2, -0.15) is 0 Å². The quantitative estimate of drug-likeness (QED) is 0.426. The van der Waals surface area contributed by atoms with E-state index in [9.17, 15) is 16.8 Å². The Labute approximate surface area is 195 Å².